The summed E-state index contributed by atoms with van der Waals surface area (Å²) >= 11 is 6.23. The molecule has 0 aliphatic carbocycles. The molecule has 1 atom stereocenters. The van der Waals surface area contributed by atoms with Gasteiger partial charge in [0.15, 0.2) is 0 Å². The molecule has 0 amide bonds. The number of nitrogens with zero attached hydrogens (tertiary/aromatic N) is 1. The van der Waals surface area contributed by atoms with Gasteiger partial charge in [-0.1, -0.05) is 11.6 Å². The molecule has 1 unspecified atom stereocenters. The van der Waals surface area contributed by atoms with Gasteiger partial charge in [0.2, 0.25) is 0 Å². The summed E-state index contributed by atoms with van der Waals surface area (Å²) < 4.78 is 4.74. The fourth-order valence-corrected chi connectivity index (χ4v) is 2.85. The van der Waals surface area contributed by atoms with Gasteiger partial charge in [-0.05, 0) is 55.6 Å². The van der Waals surface area contributed by atoms with Crippen LogP contribution in [-0.4, -0.2) is 37.6 Å². The first kappa shape index (κ1) is 15.3. The first-order chi connectivity index (χ1) is 9.63. The van der Waals surface area contributed by atoms with Crippen LogP contribution in [-0.2, 0) is 11.3 Å². The third-order valence-electron chi connectivity index (χ3n) is 3.80. The maximum Gasteiger partial charge on any atom is 0.337 e. The highest BCUT2D eigenvalue weighted by Gasteiger charge is 2.20. The summed E-state index contributed by atoms with van der Waals surface area (Å²) in [6.45, 7) is 3.52. The molecule has 5 heteroatoms. The zero-order chi connectivity index (χ0) is 14.5. The third-order valence-corrected chi connectivity index (χ3v) is 4.17. The number of carbonyl (C=O) groups excluding carboxylic acids is 1. The molecule has 0 spiro atoms. The number of hydrogen-bond donors (Lipinski definition) is 1. The average Bonchev–Trinajstić information content (AvgIpc) is 2.49. The minimum atomic E-state index is -0.332. The molecule has 1 fully saturated rings. The number of rotatable bonds is 4. The van der Waals surface area contributed by atoms with Crippen LogP contribution in [0.1, 0.15) is 28.8 Å². The number of benzene rings is 1. The van der Waals surface area contributed by atoms with E-state index in [9.17, 15) is 4.79 Å². The van der Waals surface area contributed by atoms with Gasteiger partial charge < -0.3 is 10.5 Å². The molecule has 0 saturated carbocycles. The summed E-state index contributed by atoms with van der Waals surface area (Å²) in [5, 5.41) is 0.688. The van der Waals surface area contributed by atoms with Crippen LogP contribution in [0.5, 0.6) is 0 Å². The smallest absolute Gasteiger partial charge is 0.337 e. The fourth-order valence-electron chi connectivity index (χ4n) is 2.67. The van der Waals surface area contributed by atoms with Gasteiger partial charge in [-0.2, -0.15) is 0 Å². The molecule has 4 nitrogen and oxygen atoms in total. The van der Waals surface area contributed by atoms with Gasteiger partial charge in [-0.25, -0.2) is 4.79 Å². The monoisotopic (exact) mass is 296 g/mol. The number of carbonyl (C=O) groups is 1. The minimum Gasteiger partial charge on any atom is -0.465 e. The lowest BCUT2D eigenvalue weighted by atomic mass is 9.97. The highest BCUT2D eigenvalue weighted by Crippen LogP contribution is 2.23. The van der Waals surface area contributed by atoms with Crippen molar-refractivity contribution >= 4 is 17.6 Å². The van der Waals surface area contributed by atoms with Crippen LogP contribution < -0.4 is 5.73 Å². The van der Waals surface area contributed by atoms with E-state index in [4.69, 9.17) is 22.1 Å². The van der Waals surface area contributed by atoms with Crippen molar-refractivity contribution < 1.29 is 9.53 Å². The number of esters is 1. The molecule has 110 valence electrons. The van der Waals surface area contributed by atoms with Crippen LogP contribution in [0.4, 0.5) is 0 Å². The van der Waals surface area contributed by atoms with Gasteiger partial charge in [-0.3, -0.25) is 4.90 Å². The van der Waals surface area contributed by atoms with E-state index in [-0.39, 0.29) is 5.97 Å². The quantitative estimate of drug-likeness (QED) is 0.866. The van der Waals surface area contributed by atoms with Crippen LogP contribution in [0, 0.1) is 5.92 Å². The summed E-state index contributed by atoms with van der Waals surface area (Å²) in [6, 6.07) is 5.27. The van der Waals surface area contributed by atoms with E-state index in [2.05, 4.69) is 4.90 Å². The van der Waals surface area contributed by atoms with Crippen molar-refractivity contribution in [2.24, 2.45) is 11.7 Å². The number of piperidine rings is 1. The van der Waals surface area contributed by atoms with Gasteiger partial charge in [-0.15, -0.1) is 0 Å². The lowest BCUT2D eigenvalue weighted by Crippen LogP contribution is -2.37. The fraction of sp³-hybridized carbons (Fsp3) is 0.533. The summed E-state index contributed by atoms with van der Waals surface area (Å²) in [5.74, 6) is 0.229. The SMILES string of the molecule is COC(=O)c1ccc(Cl)c(CN2CCCC(CN)C2)c1. The summed E-state index contributed by atoms with van der Waals surface area (Å²) in [7, 11) is 1.38. The summed E-state index contributed by atoms with van der Waals surface area (Å²) in [4.78, 5) is 13.9. The van der Waals surface area contributed by atoms with Gasteiger partial charge in [0.1, 0.15) is 0 Å². The first-order valence-corrected chi connectivity index (χ1v) is 7.31. The second kappa shape index (κ2) is 7.07. The minimum absolute atomic E-state index is 0.332. The molecule has 0 aromatic heterocycles. The molecular formula is C15H21ClN2O2. The number of ether oxygens (including phenoxy) is 1. The van der Waals surface area contributed by atoms with E-state index in [1.807, 2.05) is 6.07 Å². The Balaban J connectivity index is 2.10. The molecule has 0 radical (unpaired) electrons. The highest BCUT2D eigenvalue weighted by molar-refractivity contribution is 6.31. The Morgan fingerprint density at radius 2 is 2.35 bits per heavy atom. The highest BCUT2D eigenvalue weighted by atomic mass is 35.5. The van der Waals surface area contributed by atoms with Gasteiger partial charge in [0, 0.05) is 18.1 Å². The van der Waals surface area contributed by atoms with Gasteiger partial charge in [0.25, 0.3) is 0 Å². The number of likely N-dealkylation sites (tertiary alicyclic amines) is 1. The van der Waals surface area contributed by atoms with E-state index in [0.717, 1.165) is 38.2 Å². The molecule has 1 aliphatic heterocycles. The molecular weight excluding hydrogens is 276 g/mol. The molecule has 1 aromatic carbocycles. The Morgan fingerprint density at radius 1 is 1.55 bits per heavy atom. The van der Waals surface area contributed by atoms with E-state index in [1.165, 1.54) is 13.5 Å². The topological polar surface area (TPSA) is 55.6 Å². The lowest BCUT2D eigenvalue weighted by molar-refractivity contribution is 0.0600. The molecule has 1 aromatic rings. The zero-order valence-electron chi connectivity index (χ0n) is 11.8. The Bertz CT molecular complexity index is 479. The van der Waals surface area contributed by atoms with Crippen molar-refractivity contribution in [2.45, 2.75) is 19.4 Å². The van der Waals surface area contributed by atoms with E-state index >= 15 is 0 Å². The van der Waals surface area contributed by atoms with Crippen molar-refractivity contribution in [3.05, 3.63) is 34.3 Å². The molecule has 2 N–H and O–H groups in total. The predicted molar refractivity (Wildman–Crippen MR) is 79.8 cm³/mol. The Morgan fingerprint density at radius 3 is 3.05 bits per heavy atom. The van der Waals surface area contributed by atoms with E-state index in [0.29, 0.717) is 16.5 Å². The second-order valence-corrected chi connectivity index (χ2v) is 5.68. The summed E-state index contributed by atoms with van der Waals surface area (Å²) in [5.41, 5.74) is 7.26. The normalized spacial score (nSPS) is 19.9. The van der Waals surface area contributed by atoms with Crippen LogP contribution in [0.3, 0.4) is 0 Å². The van der Waals surface area contributed by atoms with Crippen molar-refractivity contribution in [3.8, 4) is 0 Å². The predicted octanol–water partition coefficient (Wildman–Crippen LogP) is 2.30. The molecule has 1 aliphatic rings. The number of halogens is 1. The average molecular weight is 297 g/mol. The second-order valence-electron chi connectivity index (χ2n) is 5.28. The molecule has 2 rings (SSSR count). The van der Waals surface area contributed by atoms with Crippen molar-refractivity contribution in [2.75, 3.05) is 26.7 Å². The Labute approximate surface area is 124 Å². The van der Waals surface area contributed by atoms with Crippen LogP contribution in [0.15, 0.2) is 18.2 Å². The van der Waals surface area contributed by atoms with Crippen molar-refractivity contribution in [1.29, 1.82) is 0 Å². The number of nitrogens with two attached hydrogens (primary N) is 1. The van der Waals surface area contributed by atoms with Crippen molar-refractivity contribution in [3.63, 3.8) is 0 Å². The van der Waals surface area contributed by atoms with E-state index < -0.39 is 0 Å². The van der Waals surface area contributed by atoms with Crippen molar-refractivity contribution in [1.82, 2.24) is 4.90 Å². The molecule has 0 bridgehead atoms. The number of hydrogen-bond acceptors (Lipinski definition) is 4. The first-order valence-electron chi connectivity index (χ1n) is 6.93. The van der Waals surface area contributed by atoms with Gasteiger partial charge >= 0.3 is 5.97 Å². The van der Waals surface area contributed by atoms with Crippen LogP contribution >= 0.6 is 11.6 Å². The Kier molecular flexibility index (Phi) is 5.40. The lowest BCUT2D eigenvalue weighted by Gasteiger charge is -2.32. The number of methoxy groups -OCH3 is 1. The largest absolute Gasteiger partial charge is 0.465 e. The third kappa shape index (κ3) is 3.72. The van der Waals surface area contributed by atoms with Crippen LogP contribution in [0.25, 0.3) is 0 Å². The van der Waals surface area contributed by atoms with E-state index in [1.54, 1.807) is 12.1 Å². The molecule has 20 heavy (non-hydrogen) atoms. The van der Waals surface area contributed by atoms with Crippen LogP contribution in [0.2, 0.25) is 5.02 Å². The molecule has 1 saturated heterocycles. The standard InChI is InChI=1S/C15H21ClN2O2/c1-20-15(19)12-4-5-14(16)13(7-12)10-18-6-2-3-11(8-17)9-18/h4-5,7,11H,2-3,6,8-10,17H2,1H3. The Hall–Kier alpha value is -1.10. The maximum atomic E-state index is 11.6. The zero-order valence-corrected chi connectivity index (χ0v) is 12.5. The maximum absolute atomic E-state index is 11.6. The summed E-state index contributed by atoms with van der Waals surface area (Å²) in [6.07, 6.45) is 2.36. The molecule has 1 heterocycles. The van der Waals surface area contributed by atoms with Gasteiger partial charge in [0.05, 0.1) is 12.7 Å².